The van der Waals surface area contributed by atoms with E-state index in [2.05, 4.69) is 15.1 Å². The van der Waals surface area contributed by atoms with E-state index in [1.165, 1.54) is 13.3 Å². The Labute approximate surface area is 176 Å². The third-order valence-corrected chi connectivity index (χ3v) is 5.28. The molecule has 2 aromatic rings. The second kappa shape index (κ2) is 9.69. The van der Waals surface area contributed by atoms with E-state index in [0.717, 1.165) is 12.8 Å². The Kier molecular flexibility index (Phi) is 7.02. The largest absolute Gasteiger partial charge is 0.481 e. The molecule has 0 aromatic carbocycles. The molecule has 3 rings (SSSR count). The van der Waals surface area contributed by atoms with Crippen LogP contribution in [0, 0.1) is 0 Å². The standard InChI is InChI=1S/C21H29N5O4/c1-14(2)20-23-18(24-30-20)9-11-26(15(3)27)17-6-5-10-25(13-17)21(28)16-7-8-19(29-4)22-12-16/h7-8,12,14,17H,5-6,9-11,13H2,1-4H3. The highest BCUT2D eigenvalue weighted by Crippen LogP contribution is 2.20. The summed E-state index contributed by atoms with van der Waals surface area (Å²) in [6.45, 7) is 7.19. The maximum atomic E-state index is 12.9. The molecule has 2 aromatic heterocycles. The fourth-order valence-electron chi connectivity index (χ4n) is 3.62. The van der Waals surface area contributed by atoms with Crippen LogP contribution in [0.1, 0.15) is 61.6 Å². The van der Waals surface area contributed by atoms with Gasteiger partial charge in [0.2, 0.25) is 17.7 Å². The topological polar surface area (TPSA) is 102 Å². The van der Waals surface area contributed by atoms with Crippen LogP contribution in [0.15, 0.2) is 22.9 Å². The van der Waals surface area contributed by atoms with Gasteiger partial charge in [-0.25, -0.2) is 4.98 Å². The molecule has 9 nitrogen and oxygen atoms in total. The first-order valence-electron chi connectivity index (χ1n) is 10.3. The fraction of sp³-hybridized carbons (Fsp3) is 0.571. The lowest BCUT2D eigenvalue weighted by Gasteiger charge is -2.39. The summed E-state index contributed by atoms with van der Waals surface area (Å²) in [6, 6.07) is 3.35. The summed E-state index contributed by atoms with van der Waals surface area (Å²) in [5.74, 6) is 1.72. The molecule has 1 aliphatic heterocycles. The second-order valence-corrected chi connectivity index (χ2v) is 7.80. The van der Waals surface area contributed by atoms with E-state index in [0.29, 0.717) is 49.2 Å². The number of rotatable bonds is 7. The molecular formula is C21H29N5O4. The molecule has 9 heteroatoms. The van der Waals surface area contributed by atoms with Crippen LogP contribution in [0.25, 0.3) is 0 Å². The van der Waals surface area contributed by atoms with Gasteiger partial charge in [-0.1, -0.05) is 19.0 Å². The average molecular weight is 415 g/mol. The van der Waals surface area contributed by atoms with Crippen LogP contribution < -0.4 is 4.74 Å². The van der Waals surface area contributed by atoms with Crippen molar-refractivity contribution in [2.75, 3.05) is 26.7 Å². The van der Waals surface area contributed by atoms with Crippen LogP contribution in [0.3, 0.4) is 0 Å². The van der Waals surface area contributed by atoms with Crippen molar-refractivity contribution >= 4 is 11.8 Å². The first kappa shape index (κ1) is 21.7. The zero-order valence-electron chi connectivity index (χ0n) is 18.0. The molecule has 0 aliphatic carbocycles. The molecule has 3 heterocycles. The van der Waals surface area contributed by atoms with Gasteiger partial charge >= 0.3 is 0 Å². The molecule has 1 atom stereocenters. The van der Waals surface area contributed by atoms with E-state index in [1.807, 2.05) is 18.7 Å². The molecule has 30 heavy (non-hydrogen) atoms. The van der Waals surface area contributed by atoms with E-state index in [-0.39, 0.29) is 23.8 Å². The summed E-state index contributed by atoms with van der Waals surface area (Å²) in [4.78, 5) is 37.3. The molecule has 162 valence electrons. The minimum absolute atomic E-state index is 0.0204. The van der Waals surface area contributed by atoms with Gasteiger partial charge < -0.3 is 19.1 Å². The molecule has 0 spiro atoms. The van der Waals surface area contributed by atoms with Gasteiger partial charge in [0, 0.05) is 57.2 Å². The van der Waals surface area contributed by atoms with Crippen LogP contribution in [0.5, 0.6) is 5.88 Å². The fourth-order valence-corrected chi connectivity index (χ4v) is 3.62. The van der Waals surface area contributed by atoms with Crippen molar-refractivity contribution in [3.63, 3.8) is 0 Å². The number of ether oxygens (including phenoxy) is 1. The van der Waals surface area contributed by atoms with Gasteiger partial charge in [-0.2, -0.15) is 4.98 Å². The third-order valence-electron chi connectivity index (χ3n) is 5.28. The summed E-state index contributed by atoms with van der Waals surface area (Å²) >= 11 is 0. The quantitative estimate of drug-likeness (QED) is 0.684. The molecule has 0 radical (unpaired) electrons. The number of hydrogen-bond donors (Lipinski definition) is 0. The first-order valence-corrected chi connectivity index (χ1v) is 10.3. The maximum Gasteiger partial charge on any atom is 0.255 e. The molecule has 1 aliphatic rings. The Balaban J connectivity index is 1.64. The lowest BCUT2D eigenvalue weighted by atomic mass is 10.0. The van der Waals surface area contributed by atoms with Crippen molar-refractivity contribution in [2.24, 2.45) is 0 Å². The number of piperidine rings is 1. The number of hydrogen-bond acceptors (Lipinski definition) is 7. The SMILES string of the molecule is COc1ccc(C(=O)N2CCCC(N(CCc3noc(C(C)C)n3)C(C)=O)C2)cn1. The summed E-state index contributed by atoms with van der Waals surface area (Å²) in [6.07, 6.45) is 3.73. The van der Waals surface area contributed by atoms with Crippen molar-refractivity contribution in [3.8, 4) is 5.88 Å². The highest BCUT2D eigenvalue weighted by atomic mass is 16.5. The number of carbonyl (C=O) groups is 2. The Morgan fingerprint density at radius 2 is 2.17 bits per heavy atom. The highest BCUT2D eigenvalue weighted by Gasteiger charge is 2.30. The number of aromatic nitrogens is 3. The van der Waals surface area contributed by atoms with Crippen molar-refractivity contribution in [1.29, 1.82) is 0 Å². The Morgan fingerprint density at radius 3 is 2.77 bits per heavy atom. The zero-order chi connectivity index (χ0) is 21.7. The molecule has 0 N–H and O–H groups in total. The predicted molar refractivity (Wildman–Crippen MR) is 109 cm³/mol. The van der Waals surface area contributed by atoms with Crippen molar-refractivity contribution in [1.82, 2.24) is 24.9 Å². The highest BCUT2D eigenvalue weighted by molar-refractivity contribution is 5.94. The van der Waals surface area contributed by atoms with Gasteiger partial charge in [0.05, 0.1) is 12.7 Å². The van der Waals surface area contributed by atoms with E-state index in [1.54, 1.807) is 24.0 Å². The van der Waals surface area contributed by atoms with Gasteiger partial charge in [0.1, 0.15) is 0 Å². The number of methoxy groups -OCH3 is 1. The van der Waals surface area contributed by atoms with E-state index in [9.17, 15) is 9.59 Å². The third kappa shape index (κ3) is 5.14. The van der Waals surface area contributed by atoms with Crippen LogP contribution in [0.4, 0.5) is 0 Å². The predicted octanol–water partition coefficient (Wildman–Crippen LogP) is 2.29. The number of amides is 2. The molecule has 1 unspecified atom stereocenters. The van der Waals surface area contributed by atoms with Crippen LogP contribution in [-0.2, 0) is 11.2 Å². The summed E-state index contributed by atoms with van der Waals surface area (Å²) < 4.78 is 10.3. The molecule has 0 bridgehead atoms. The Morgan fingerprint density at radius 1 is 1.37 bits per heavy atom. The van der Waals surface area contributed by atoms with Crippen molar-refractivity contribution in [3.05, 3.63) is 35.6 Å². The van der Waals surface area contributed by atoms with Crippen LogP contribution in [0.2, 0.25) is 0 Å². The van der Waals surface area contributed by atoms with E-state index >= 15 is 0 Å². The number of nitrogens with zero attached hydrogens (tertiary/aromatic N) is 5. The van der Waals surface area contributed by atoms with Crippen LogP contribution >= 0.6 is 0 Å². The molecule has 1 saturated heterocycles. The summed E-state index contributed by atoms with van der Waals surface area (Å²) in [5.41, 5.74) is 0.513. The summed E-state index contributed by atoms with van der Waals surface area (Å²) in [7, 11) is 1.54. The van der Waals surface area contributed by atoms with E-state index < -0.39 is 0 Å². The average Bonchev–Trinajstić information content (AvgIpc) is 3.23. The lowest BCUT2D eigenvalue weighted by Crippen LogP contribution is -2.51. The van der Waals surface area contributed by atoms with Crippen molar-refractivity contribution < 1.29 is 18.8 Å². The normalized spacial score (nSPS) is 16.6. The van der Waals surface area contributed by atoms with Gasteiger partial charge in [0.15, 0.2) is 5.82 Å². The molecule has 0 saturated carbocycles. The minimum Gasteiger partial charge on any atom is -0.481 e. The van der Waals surface area contributed by atoms with Gasteiger partial charge in [0.25, 0.3) is 5.91 Å². The van der Waals surface area contributed by atoms with Crippen LogP contribution in [-0.4, -0.2) is 69.5 Å². The Hall–Kier alpha value is -2.97. The minimum atomic E-state index is -0.0851. The smallest absolute Gasteiger partial charge is 0.255 e. The van der Waals surface area contributed by atoms with Crippen molar-refractivity contribution in [2.45, 2.75) is 52.0 Å². The summed E-state index contributed by atoms with van der Waals surface area (Å²) in [5, 5.41) is 4.01. The molecular weight excluding hydrogens is 386 g/mol. The number of pyridine rings is 1. The van der Waals surface area contributed by atoms with Gasteiger partial charge in [-0.15, -0.1) is 0 Å². The number of carbonyl (C=O) groups excluding carboxylic acids is 2. The lowest BCUT2D eigenvalue weighted by molar-refractivity contribution is -0.132. The second-order valence-electron chi connectivity index (χ2n) is 7.80. The first-order chi connectivity index (χ1) is 14.4. The van der Waals surface area contributed by atoms with Gasteiger partial charge in [-0.05, 0) is 18.9 Å². The van der Waals surface area contributed by atoms with Gasteiger partial charge in [-0.3, -0.25) is 9.59 Å². The number of likely N-dealkylation sites (tertiary alicyclic amines) is 1. The maximum absolute atomic E-state index is 12.9. The Bertz CT molecular complexity index is 865. The van der Waals surface area contributed by atoms with E-state index in [4.69, 9.17) is 9.26 Å². The molecule has 2 amide bonds. The zero-order valence-corrected chi connectivity index (χ0v) is 18.0. The molecule has 1 fully saturated rings. The monoisotopic (exact) mass is 415 g/mol.